The Morgan fingerprint density at radius 1 is 1.19 bits per heavy atom. The molecule has 2 rings (SSSR count). The van der Waals surface area contributed by atoms with Crippen LogP contribution in [0.4, 0.5) is 4.39 Å². The van der Waals surface area contributed by atoms with Crippen LogP contribution in [0.25, 0.3) is 0 Å². The highest BCUT2D eigenvalue weighted by Crippen LogP contribution is 2.24. The maximum atomic E-state index is 13.5. The van der Waals surface area contributed by atoms with Gasteiger partial charge in [0.1, 0.15) is 11.6 Å². The molecule has 0 radical (unpaired) electrons. The van der Waals surface area contributed by atoms with Gasteiger partial charge in [-0.15, -0.1) is 0 Å². The molecule has 2 aromatic rings. The van der Waals surface area contributed by atoms with E-state index >= 15 is 0 Å². The van der Waals surface area contributed by atoms with E-state index in [0.717, 1.165) is 6.26 Å². The first kappa shape index (κ1) is 19.9. The molecule has 0 N–H and O–H groups in total. The van der Waals surface area contributed by atoms with Crippen molar-refractivity contribution < 1.29 is 21.8 Å². The number of amides is 1. The second-order valence-electron chi connectivity index (χ2n) is 6.10. The van der Waals surface area contributed by atoms with Gasteiger partial charge < -0.3 is 9.08 Å². The molecule has 0 aliphatic heterocycles. The zero-order chi connectivity index (χ0) is 19.3. The molecule has 0 saturated heterocycles. The molecule has 0 aromatic heterocycles. The molecule has 0 aliphatic carbocycles. The minimum absolute atomic E-state index is 0.128. The Morgan fingerprint density at radius 2 is 1.88 bits per heavy atom. The Labute approximate surface area is 153 Å². The van der Waals surface area contributed by atoms with Crippen molar-refractivity contribution in [2.45, 2.75) is 32.9 Å². The zero-order valence-corrected chi connectivity index (χ0v) is 15.8. The SMILES string of the molecule is CC[C@@H](C)N(Cc1ccccc1OS(C)(=O)=O)C(=O)c1cccc(F)c1. The summed E-state index contributed by atoms with van der Waals surface area (Å²) < 4.78 is 41.5. The lowest BCUT2D eigenvalue weighted by atomic mass is 10.1. The topological polar surface area (TPSA) is 63.7 Å². The standard InChI is InChI=1S/C19H22FNO4S/c1-4-14(2)21(19(22)15-9-7-10-17(20)12-15)13-16-8-5-6-11-18(16)25-26(3,23)24/h5-12,14H,4,13H2,1-3H3/t14-/m1/s1. The molecule has 0 spiro atoms. The fraction of sp³-hybridized carbons (Fsp3) is 0.316. The van der Waals surface area contributed by atoms with Crippen molar-refractivity contribution >= 4 is 16.0 Å². The molecule has 0 bridgehead atoms. The quantitative estimate of drug-likeness (QED) is 0.690. The lowest BCUT2D eigenvalue weighted by Gasteiger charge is -2.29. The minimum atomic E-state index is -3.69. The first-order chi connectivity index (χ1) is 12.2. The molecule has 0 heterocycles. The van der Waals surface area contributed by atoms with E-state index in [-0.39, 0.29) is 29.8 Å². The van der Waals surface area contributed by atoms with E-state index in [1.807, 2.05) is 13.8 Å². The average Bonchev–Trinajstić information content (AvgIpc) is 2.58. The maximum absolute atomic E-state index is 13.5. The average molecular weight is 379 g/mol. The van der Waals surface area contributed by atoms with Crippen LogP contribution in [-0.4, -0.2) is 31.5 Å². The highest BCUT2D eigenvalue weighted by atomic mass is 32.2. The fourth-order valence-electron chi connectivity index (χ4n) is 2.50. The second-order valence-corrected chi connectivity index (χ2v) is 7.67. The first-order valence-corrected chi connectivity index (χ1v) is 10.1. The molecule has 0 unspecified atom stereocenters. The predicted molar refractivity (Wildman–Crippen MR) is 97.9 cm³/mol. The number of halogens is 1. The first-order valence-electron chi connectivity index (χ1n) is 8.25. The summed E-state index contributed by atoms with van der Waals surface area (Å²) in [5, 5.41) is 0. The van der Waals surface area contributed by atoms with E-state index in [2.05, 4.69) is 0 Å². The van der Waals surface area contributed by atoms with Crippen LogP contribution in [0.1, 0.15) is 36.2 Å². The number of nitrogens with zero attached hydrogens (tertiary/aromatic N) is 1. The lowest BCUT2D eigenvalue weighted by molar-refractivity contribution is 0.0670. The van der Waals surface area contributed by atoms with Crippen molar-refractivity contribution in [3.8, 4) is 5.75 Å². The summed E-state index contributed by atoms with van der Waals surface area (Å²) in [6.45, 7) is 3.97. The third-order valence-electron chi connectivity index (χ3n) is 4.01. The third kappa shape index (κ3) is 5.29. The van der Waals surface area contributed by atoms with Gasteiger partial charge in [0, 0.05) is 23.7 Å². The van der Waals surface area contributed by atoms with Crippen molar-refractivity contribution in [3.05, 3.63) is 65.5 Å². The van der Waals surface area contributed by atoms with Crippen LogP contribution in [0.3, 0.4) is 0 Å². The van der Waals surface area contributed by atoms with Crippen molar-refractivity contribution in [1.82, 2.24) is 4.90 Å². The summed E-state index contributed by atoms with van der Waals surface area (Å²) in [5.41, 5.74) is 0.801. The Bertz CT molecular complexity index is 883. The van der Waals surface area contributed by atoms with Crippen LogP contribution in [0.15, 0.2) is 48.5 Å². The molecule has 0 saturated carbocycles. The van der Waals surface area contributed by atoms with Gasteiger partial charge in [0.05, 0.1) is 6.26 Å². The van der Waals surface area contributed by atoms with Gasteiger partial charge in [-0.05, 0) is 37.6 Å². The number of rotatable bonds is 7. The Kier molecular flexibility index (Phi) is 6.37. The number of carbonyl (C=O) groups is 1. The number of carbonyl (C=O) groups excluding carboxylic acids is 1. The largest absolute Gasteiger partial charge is 0.382 e. The van der Waals surface area contributed by atoms with Crippen molar-refractivity contribution in [1.29, 1.82) is 0 Å². The van der Waals surface area contributed by atoms with Crippen LogP contribution in [0, 0.1) is 5.82 Å². The smallest absolute Gasteiger partial charge is 0.306 e. The predicted octanol–water partition coefficient (Wildman–Crippen LogP) is 3.61. The summed E-state index contributed by atoms with van der Waals surface area (Å²) in [6.07, 6.45) is 1.66. The molecule has 26 heavy (non-hydrogen) atoms. The number of benzene rings is 2. The molecule has 2 aromatic carbocycles. The van der Waals surface area contributed by atoms with E-state index in [1.54, 1.807) is 29.2 Å². The van der Waals surface area contributed by atoms with Crippen LogP contribution in [-0.2, 0) is 16.7 Å². The molecule has 1 atom stereocenters. The molecule has 0 aliphatic rings. The summed E-state index contributed by atoms with van der Waals surface area (Å²) in [7, 11) is -3.69. The number of hydrogen-bond acceptors (Lipinski definition) is 4. The monoisotopic (exact) mass is 379 g/mol. The normalized spacial score (nSPS) is 12.5. The number of hydrogen-bond donors (Lipinski definition) is 0. The second kappa shape index (κ2) is 8.31. The van der Waals surface area contributed by atoms with Gasteiger partial charge in [-0.25, -0.2) is 4.39 Å². The molecular weight excluding hydrogens is 357 g/mol. The Balaban J connectivity index is 2.36. The van der Waals surface area contributed by atoms with Crippen molar-refractivity contribution in [2.75, 3.05) is 6.26 Å². The van der Waals surface area contributed by atoms with E-state index < -0.39 is 15.9 Å². The Hall–Kier alpha value is -2.41. The van der Waals surface area contributed by atoms with Crippen LogP contribution >= 0.6 is 0 Å². The van der Waals surface area contributed by atoms with Crippen LogP contribution in [0.5, 0.6) is 5.75 Å². The van der Waals surface area contributed by atoms with Crippen molar-refractivity contribution in [3.63, 3.8) is 0 Å². The lowest BCUT2D eigenvalue weighted by Crippen LogP contribution is -2.38. The molecule has 7 heteroatoms. The van der Waals surface area contributed by atoms with Crippen LogP contribution in [0.2, 0.25) is 0 Å². The molecular formula is C19H22FNO4S. The maximum Gasteiger partial charge on any atom is 0.306 e. The summed E-state index contributed by atoms with van der Waals surface area (Å²) >= 11 is 0. The van der Waals surface area contributed by atoms with Gasteiger partial charge in [0.2, 0.25) is 0 Å². The summed E-state index contributed by atoms with van der Waals surface area (Å²) in [6, 6.07) is 12.0. The van der Waals surface area contributed by atoms with Gasteiger partial charge in [0.25, 0.3) is 5.91 Å². The minimum Gasteiger partial charge on any atom is -0.382 e. The van der Waals surface area contributed by atoms with E-state index in [1.165, 1.54) is 24.3 Å². The summed E-state index contributed by atoms with van der Waals surface area (Å²) in [4.78, 5) is 14.5. The van der Waals surface area contributed by atoms with Crippen LogP contribution < -0.4 is 4.18 Å². The Morgan fingerprint density at radius 3 is 2.50 bits per heavy atom. The summed E-state index contributed by atoms with van der Waals surface area (Å²) in [5.74, 6) is -0.635. The van der Waals surface area contributed by atoms with Crippen molar-refractivity contribution in [2.24, 2.45) is 0 Å². The molecule has 0 fully saturated rings. The number of para-hydroxylation sites is 1. The van der Waals surface area contributed by atoms with Gasteiger partial charge in [-0.2, -0.15) is 8.42 Å². The fourth-order valence-corrected chi connectivity index (χ4v) is 2.99. The zero-order valence-electron chi connectivity index (χ0n) is 15.0. The van der Waals surface area contributed by atoms with Gasteiger partial charge in [-0.1, -0.05) is 31.2 Å². The molecule has 5 nitrogen and oxygen atoms in total. The van der Waals surface area contributed by atoms with E-state index in [4.69, 9.17) is 4.18 Å². The molecule has 140 valence electrons. The highest BCUT2D eigenvalue weighted by Gasteiger charge is 2.23. The van der Waals surface area contributed by atoms with E-state index in [9.17, 15) is 17.6 Å². The molecule has 1 amide bonds. The van der Waals surface area contributed by atoms with Gasteiger partial charge in [0.15, 0.2) is 0 Å². The van der Waals surface area contributed by atoms with Gasteiger partial charge >= 0.3 is 10.1 Å². The third-order valence-corrected chi connectivity index (χ3v) is 4.49. The van der Waals surface area contributed by atoms with Gasteiger partial charge in [-0.3, -0.25) is 4.79 Å². The van der Waals surface area contributed by atoms with E-state index in [0.29, 0.717) is 12.0 Å². The highest BCUT2D eigenvalue weighted by molar-refractivity contribution is 7.86.